The molecule has 1 aliphatic heterocycles. The summed E-state index contributed by atoms with van der Waals surface area (Å²) in [6, 6.07) is 11.7. The Hall–Kier alpha value is -1.36. The summed E-state index contributed by atoms with van der Waals surface area (Å²) < 4.78 is 0.634. The SMILES string of the molecule is NCC1c2ccccc2CCN1C(=O)c1ccc(Cl)s1. The van der Waals surface area contributed by atoms with Crippen molar-refractivity contribution in [2.75, 3.05) is 13.1 Å². The highest BCUT2D eigenvalue weighted by Gasteiger charge is 2.30. The summed E-state index contributed by atoms with van der Waals surface area (Å²) in [5, 5.41) is 0. The maximum Gasteiger partial charge on any atom is 0.264 e. The van der Waals surface area contributed by atoms with E-state index in [1.54, 1.807) is 12.1 Å². The quantitative estimate of drug-likeness (QED) is 0.926. The Morgan fingerprint density at radius 3 is 2.85 bits per heavy atom. The number of nitrogens with two attached hydrogens (primary N) is 1. The monoisotopic (exact) mass is 306 g/mol. The Morgan fingerprint density at radius 1 is 1.35 bits per heavy atom. The van der Waals surface area contributed by atoms with Crippen molar-refractivity contribution >= 4 is 28.8 Å². The first-order valence-corrected chi connectivity index (χ1v) is 7.74. The van der Waals surface area contributed by atoms with Gasteiger partial charge in [0.15, 0.2) is 0 Å². The van der Waals surface area contributed by atoms with Crippen molar-refractivity contribution < 1.29 is 4.79 Å². The topological polar surface area (TPSA) is 46.3 Å². The molecular weight excluding hydrogens is 292 g/mol. The number of rotatable bonds is 2. The van der Waals surface area contributed by atoms with Crippen LogP contribution < -0.4 is 5.73 Å². The molecule has 1 aromatic carbocycles. The van der Waals surface area contributed by atoms with E-state index in [9.17, 15) is 4.79 Å². The smallest absolute Gasteiger partial charge is 0.264 e. The van der Waals surface area contributed by atoms with E-state index in [2.05, 4.69) is 12.1 Å². The van der Waals surface area contributed by atoms with Gasteiger partial charge >= 0.3 is 0 Å². The molecule has 0 bridgehead atoms. The van der Waals surface area contributed by atoms with E-state index in [1.807, 2.05) is 17.0 Å². The maximum atomic E-state index is 12.6. The van der Waals surface area contributed by atoms with Crippen LogP contribution in [0.4, 0.5) is 0 Å². The van der Waals surface area contributed by atoms with Crippen LogP contribution in [0.3, 0.4) is 0 Å². The summed E-state index contributed by atoms with van der Waals surface area (Å²) in [6.45, 7) is 1.13. The number of benzene rings is 1. The molecule has 0 spiro atoms. The molecule has 2 heterocycles. The van der Waals surface area contributed by atoms with Gasteiger partial charge in [0.1, 0.15) is 0 Å². The highest BCUT2D eigenvalue weighted by Crippen LogP contribution is 2.32. The van der Waals surface area contributed by atoms with Crippen LogP contribution in [0, 0.1) is 0 Å². The summed E-state index contributed by atoms with van der Waals surface area (Å²) in [4.78, 5) is 15.2. The van der Waals surface area contributed by atoms with E-state index in [0.29, 0.717) is 22.3 Å². The highest BCUT2D eigenvalue weighted by molar-refractivity contribution is 7.17. The standard InChI is InChI=1S/C15H15ClN2OS/c16-14-6-5-13(20-14)15(19)18-8-7-10-3-1-2-4-11(10)12(18)9-17/h1-6,12H,7-9,17H2. The van der Waals surface area contributed by atoms with E-state index >= 15 is 0 Å². The molecule has 1 aromatic heterocycles. The largest absolute Gasteiger partial charge is 0.329 e. The Morgan fingerprint density at radius 2 is 2.15 bits per heavy atom. The third-order valence-corrected chi connectivity index (χ3v) is 4.90. The minimum atomic E-state index is -0.0478. The van der Waals surface area contributed by atoms with E-state index in [1.165, 1.54) is 16.9 Å². The van der Waals surface area contributed by atoms with Crippen LogP contribution in [-0.4, -0.2) is 23.9 Å². The van der Waals surface area contributed by atoms with Gasteiger partial charge in [-0.3, -0.25) is 4.79 Å². The fourth-order valence-electron chi connectivity index (χ4n) is 2.72. The van der Waals surface area contributed by atoms with Gasteiger partial charge in [0.2, 0.25) is 0 Å². The first-order valence-electron chi connectivity index (χ1n) is 6.55. The molecular formula is C15H15ClN2OS. The summed E-state index contributed by atoms with van der Waals surface area (Å²) in [5.74, 6) is 0.0202. The number of halogens is 1. The second-order valence-corrected chi connectivity index (χ2v) is 6.52. The normalized spacial score (nSPS) is 17.9. The Balaban J connectivity index is 1.93. The van der Waals surface area contributed by atoms with Gasteiger partial charge in [0, 0.05) is 13.1 Å². The number of carbonyl (C=O) groups excluding carboxylic acids is 1. The highest BCUT2D eigenvalue weighted by atomic mass is 35.5. The van der Waals surface area contributed by atoms with Gasteiger partial charge in [-0.15, -0.1) is 11.3 Å². The molecule has 1 amide bonds. The average molecular weight is 307 g/mol. The van der Waals surface area contributed by atoms with Crippen LogP contribution in [0.15, 0.2) is 36.4 Å². The maximum absolute atomic E-state index is 12.6. The summed E-state index contributed by atoms with van der Waals surface area (Å²) >= 11 is 7.23. The molecule has 0 radical (unpaired) electrons. The lowest BCUT2D eigenvalue weighted by atomic mass is 9.92. The van der Waals surface area contributed by atoms with Crippen LogP contribution in [0.1, 0.15) is 26.8 Å². The van der Waals surface area contributed by atoms with Crippen molar-refractivity contribution in [3.63, 3.8) is 0 Å². The van der Waals surface area contributed by atoms with Crippen LogP contribution in [0.2, 0.25) is 4.34 Å². The zero-order valence-corrected chi connectivity index (χ0v) is 12.5. The van der Waals surface area contributed by atoms with Crippen LogP contribution in [0.5, 0.6) is 0 Å². The van der Waals surface area contributed by atoms with Gasteiger partial charge in [0.25, 0.3) is 5.91 Å². The van der Waals surface area contributed by atoms with Crippen molar-refractivity contribution in [2.45, 2.75) is 12.5 Å². The summed E-state index contributed by atoms with van der Waals surface area (Å²) in [6.07, 6.45) is 0.873. The molecule has 0 fully saturated rings. The lowest BCUT2D eigenvalue weighted by Crippen LogP contribution is -2.42. The second kappa shape index (κ2) is 5.56. The van der Waals surface area contributed by atoms with Gasteiger partial charge in [0.05, 0.1) is 15.3 Å². The first kappa shape index (κ1) is 13.6. The molecule has 1 unspecified atom stereocenters. The Kier molecular flexibility index (Phi) is 3.78. The Bertz CT molecular complexity index is 640. The molecule has 104 valence electrons. The van der Waals surface area contributed by atoms with E-state index in [-0.39, 0.29) is 11.9 Å². The third-order valence-electron chi connectivity index (χ3n) is 3.68. The average Bonchev–Trinajstić information content (AvgIpc) is 2.91. The number of amides is 1. The number of carbonyl (C=O) groups is 1. The van der Waals surface area contributed by atoms with Crippen molar-refractivity contribution in [1.29, 1.82) is 0 Å². The number of hydrogen-bond donors (Lipinski definition) is 1. The lowest BCUT2D eigenvalue weighted by molar-refractivity contribution is 0.0673. The fraction of sp³-hybridized carbons (Fsp3) is 0.267. The predicted molar refractivity (Wildman–Crippen MR) is 82.3 cm³/mol. The molecule has 3 rings (SSSR count). The van der Waals surface area contributed by atoms with Crippen molar-refractivity contribution in [3.8, 4) is 0 Å². The lowest BCUT2D eigenvalue weighted by Gasteiger charge is -2.36. The summed E-state index contributed by atoms with van der Waals surface area (Å²) in [5.41, 5.74) is 8.37. The molecule has 1 atom stereocenters. The van der Waals surface area contributed by atoms with Crippen LogP contribution in [-0.2, 0) is 6.42 Å². The first-order chi connectivity index (χ1) is 9.70. The number of nitrogens with zero attached hydrogens (tertiary/aromatic N) is 1. The van der Waals surface area contributed by atoms with Gasteiger partial charge in [-0.1, -0.05) is 35.9 Å². The minimum absolute atomic E-state index is 0.0202. The van der Waals surface area contributed by atoms with Crippen LogP contribution >= 0.6 is 22.9 Å². The molecule has 0 saturated heterocycles. The van der Waals surface area contributed by atoms with E-state index in [4.69, 9.17) is 17.3 Å². The third kappa shape index (κ3) is 2.35. The molecule has 0 aliphatic carbocycles. The molecule has 3 nitrogen and oxygen atoms in total. The van der Waals surface area contributed by atoms with Crippen molar-refractivity contribution in [3.05, 3.63) is 56.7 Å². The van der Waals surface area contributed by atoms with E-state index in [0.717, 1.165) is 12.0 Å². The van der Waals surface area contributed by atoms with Crippen molar-refractivity contribution in [2.24, 2.45) is 5.73 Å². The molecule has 1 aliphatic rings. The number of hydrogen-bond acceptors (Lipinski definition) is 3. The molecule has 2 aromatic rings. The van der Waals surface area contributed by atoms with Gasteiger partial charge < -0.3 is 10.6 Å². The van der Waals surface area contributed by atoms with Gasteiger partial charge in [-0.2, -0.15) is 0 Å². The van der Waals surface area contributed by atoms with Gasteiger partial charge in [-0.25, -0.2) is 0 Å². The zero-order chi connectivity index (χ0) is 14.1. The second-order valence-electron chi connectivity index (χ2n) is 4.80. The van der Waals surface area contributed by atoms with Crippen molar-refractivity contribution in [1.82, 2.24) is 4.90 Å². The molecule has 0 saturated carbocycles. The predicted octanol–water partition coefficient (Wildman–Crippen LogP) is 3.10. The number of thiophene rings is 1. The van der Waals surface area contributed by atoms with E-state index < -0.39 is 0 Å². The molecule has 2 N–H and O–H groups in total. The molecule has 5 heteroatoms. The fourth-order valence-corrected chi connectivity index (χ4v) is 3.72. The molecule has 20 heavy (non-hydrogen) atoms. The summed E-state index contributed by atoms with van der Waals surface area (Å²) in [7, 11) is 0. The Labute approximate surface area is 127 Å². The minimum Gasteiger partial charge on any atom is -0.329 e. The van der Waals surface area contributed by atoms with Crippen LogP contribution in [0.25, 0.3) is 0 Å². The van der Waals surface area contributed by atoms with Gasteiger partial charge in [-0.05, 0) is 29.7 Å². The number of fused-ring (bicyclic) bond motifs is 1. The zero-order valence-electron chi connectivity index (χ0n) is 10.9.